The van der Waals surface area contributed by atoms with Gasteiger partial charge in [0, 0.05) is 18.3 Å². The Morgan fingerprint density at radius 1 is 1.06 bits per heavy atom. The van der Waals surface area contributed by atoms with Crippen molar-refractivity contribution in [3.05, 3.63) is 41.7 Å². The zero-order chi connectivity index (χ0) is 23.5. The van der Waals surface area contributed by atoms with Crippen LogP contribution in [-0.4, -0.2) is 54.8 Å². The molecule has 3 aromatic rings. The van der Waals surface area contributed by atoms with Gasteiger partial charge in [0.25, 0.3) is 5.91 Å². The minimum Gasteiger partial charge on any atom is -0.493 e. The van der Waals surface area contributed by atoms with Crippen LogP contribution in [0.3, 0.4) is 0 Å². The number of hydrogen-bond donors (Lipinski definition) is 1. The first-order chi connectivity index (χ1) is 15.9. The SMILES string of the molecule is COc1cc(C(=O)Nc2ccc3c(c2)nc(CN2CCC(C)CC2)n3C)cc(OC)c1OC. The van der Waals surface area contributed by atoms with E-state index in [1.165, 1.54) is 34.2 Å². The van der Waals surface area contributed by atoms with Crippen molar-refractivity contribution >= 4 is 22.6 Å². The fourth-order valence-electron chi connectivity index (χ4n) is 4.30. The Bertz CT molecular complexity index is 1120. The van der Waals surface area contributed by atoms with Crippen LogP contribution in [0.5, 0.6) is 17.2 Å². The molecule has 0 atom stereocenters. The summed E-state index contributed by atoms with van der Waals surface area (Å²) in [5.41, 5.74) is 2.99. The van der Waals surface area contributed by atoms with Gasteiger partial charge in [-0.1, -0.05) is 6.92 Å². The Labute approximate surface area is 194 Å². The van der Waals surface area contributed by atoms with Crippen LogP contribution in [-0.2, 0) is 13.6 Å². The summed E-state index contributed by atoms with van der Waals surface area (Å²) in [5, 5.41) is 2.95. The number of methoxy groups -OCH3 is 3. The average Bonchev–Trinajstić information content (AvgIpc) is 3.13. The number of benzene rings is 2. The van der Waals surface area contributed by atoms with E-state index in [0.717, 1.165) is 42.4 Å². The molecule has 1 N–H and O–H groups in total. The van der Waals surface area contributed by atoms with Crippen LogP contribution in [0.25, 0.3) is 11.0 Å². The fourth-order valence-corrected chi connectivity index (χ4v) is 4.30. The number of aryl methyl sites for hydroxylation is 1. The third-order valence-corrected chi connectivity index (χ3v) is 6.40. The van der Waals surface area contributed by atoms with Gasteiger partial charge in [-0.3, -0.25) is 9.69 Å². The highest BCUT2D eigenvalue weighted by Gasteiger charge is 2.20. The van der Waals surface area contributed by atoms with Crippen LogP contribution in [0.2, 0.25) is 0 Å². The number of nitrogens with one attached hydrogen (secondary N) is 1. The molecular formula is C25H32N4O4. The van der Waals surface area contributed by atoms with Crippen LogP contribution in [0.4, 0.5) is 5.69 Å². The lowest BCUT2D eigenvalue weighted by molar-refractivity contribution is 0.102. The van der Waals surface area contributed by atoms with Gasteiger partial charge in [0.05, 0.1) is 38.9 Å². The topological polar surface area (TPSA) is 77.9 Å². The fraction of sp³-hybridized carbons (Fsp3) is 0.440. The minimum absolute atomic E-state index is 0.271. The number of hydrogen-bond acceptors (Lipinski definition) is 6. The second kappa shape index (κ2) is 9.70. The third kappa shape index (κ3) is 4.75. The quantitative estimate of drug-likeness (QED) is 0.582. The molecule has 2 heterocycles. The summed E-state index contributed by atoms with van der Waals surface area (Å²) in [6, 6.07) is 9.06. The maximum absolute atomic E-state index is 13.0. The largest absolute Gasteiger partial charge is 0.493 e. The Balaban J connectivity index is 1.54. The van der Waals surface area contributed by atoms with Crippen LogP contribution < -0.4 is 19.5 Å². The molecule has 1 aliphatic rings. The summed E-state index contributed by atoms with van der Waals surface area (Å²) < 4.78 is 18.2. The summed E-state index contributed by atoms with van der Waals surface area (Å²) >= 11 is 0. The number of fused-ring (bicyclic) bond motifs is 1. The maximum Gasteiger partial charge on any atom is 0.255 e. The zero-order valence-corrected chi connectivity index (χ0v) is 20.0. The van der Waals surface area contributed by atoms with E-state index >= 15 is 0 Å². The molecule has 1 aliphatic heterocycles. The van der Waals surface area contributed by atoms with Crippen molar-refractivity contribution in [1.82, 2.24) is 14.5 Å². The van der Waals surface area contributed by atoms with Gasteiger partial charge in [-0.15, -0.1) is 0 Å². The molecule has 0 radical (unpaired) electrons. The van der Waals surface area contributed by atoms with Crippen molar-refractivity contribution in [2.24, 2.45) is 13.0 Å². The first kappa shape index (κ1) is 22.9. The van der Waals surface area contributed by atoms with E-state index < -0.39 is 0 Å². The number of nitrogens with zero attached hydrogens (tertiary/aromatic N) is 3. The number of carbonyl (C=O) groups is 1. The van der Waals surface area contributed by atoms with Gasteiger partial charge >= 0.3 is 0 Å². The van der Waals surface area contributed by atoms with Gasteiger partial charge in [0.2, 0.25) is 5.75 Å². The molecule has 8 heteroatoms. The van der Waals surface area contributed by atoms with Crippen LogP contribution in [0.1, 0.15) is 35.9 Å². The van der Waals surface area contributed by atoms with Gasteiger partial charge in [0.15, 0.2) is 11.5 Å². The number of piperidine rings is 1. The van der Waals surface area contributed by atoms with E-state index in [2.05, 4.69) is 21.7 Å². The molecule has 1 fully saturated rings. The number of ether oxygens (including phenoxy) is 3. The second-order valence-electron chi connectivity index (χ2n) is 8.62. The van der Waals surface area contributed by atoms with Gasteiger partial charge in [-0.2, -0.15) is 0 Å². The van der Waals surface area contributed by atoms with E-state index in [9.17, 15) is 4.79 Å². The lowest BCUT2D eigenvalue weighted by Crippen LogP contribution is -2.33. The molecule has 0 aliphatic carbocycles. The first-order valence-corrected chi connectivity index (χ1v) is 11.2. The summed E-state index contributed by atoms with van der Waals surface area (Å²) in [4.78, 5) is 20.3. The number of rotatable bonds is 7. The molecule has 0 spiro atoms. The Morgan fingerprint density at radius 3 is 2.33 bits per heavy atom. The minimum atomic E-state index is -0.271. The molecule has 1 saturated heterocycles. The zero-order valence-electron chi connectivity index (χ0n) is 20.0. The van der Waals surface area contributed by atoms with E-state index in [1.54, 1.807) is 12.1 Å². The number of likely N-dealkylation sites (tertiary alicyclic amines) is 1. The summed E-state index contributed by atoms with van der Waals surface area (Å²) in [6.07, 6.45) is 2.47. The third-order valence-electron chi connectivity index (χ3n) is 6.40. The molecule has 33 heavy (non-hydrogen) atoms. The highest BCUT2D eigenvalue weighted by Crippen LogP contribution is 2.38. The Hall–Kier alpha value is -3.26. The van der Waals surface area contributed by atoms with Gasteiger partial charge < -0.3 is 24.1 Å². The monoisotopic (exact) mass is 452 g/mol. The lowest BCUT2D eigenvalue weighted by Gasteiger charge is -2.29. The molecule has 0 saturated carbocycles. The van der Waals surface area contributed by atoms with Gasteiger partial charge in [-0.25, -0.2) is 4.98 Å². The molecule has 8 nitrogen and oxygen atoms in total. The molecule has 2 aromatic carbocycles. The number of imidazole rings is 1. The van der Waals surface area contributed by atoms with E-state index in [-0.39, 0.29) is 5.91 Å². The first-order valence-electron chi connectivity index (χ1n) is 11.2. The molecule has 0 unspecified atom stereocenters. The maximum atomic E-state index is 13.0. The number of carbonyl (C=O) groups excluding carboxylic acids is 1. The average molecular weight is 453 g/mol. The number of aromatic nitrogens is 2. The van der Waals surface area contributed by atoms with E-state index in [1.807, 2.05) is 25.2 Å². The van der Waals surface area contributed by atoms with Gasteiger partial charge in [-0.05, 0) is 62.2 Å². The lowest BCUT2D eigenvalue weighted by atomic mass is 9.99. The van der Waals surface area contributed by atoms with Crippen molar-refractivity contribution in [2.45, 2.75) is 26.3 Å². The molecule has 0 bridgehead atoms. The van der Waals surface area contributed by atoms with Crippen LogP contribution in [0.15, 0.2) is 30.3 Å². The Morgan fingerprint density at radius 2 is 1.73 bits per heavy atom. The molecule has 1 aromatic heterocycles. The highest BCUT2D eigenvalue weighted by atomic mass is 16.5. The smallest absolute Gasteiger partial charge is 0.255 e. The van der Waals surface area contributed by atoms with Crippen molar-refractivity contribution < 1.29 is 19.0 Å². The predicted octanol–water partition coefficient (Wildman–Crippen LogP) is 4.08. The van der Waals surface area contributed by atoms with Crippen molar-refractivity contribution in [2.75, 3.05) is 39.7 Å². The van der Waals surface area contributed by atoms with E-state index in [0.29, 0.717) is 28.5 Å². The standard InChI is InChI=1S/C25H32N4O4/c1-16-8-10-29(11-9-16)15-23-27-19-14-18(6-7-20(19)28(23)2)26-25(30)17-12-21(31-3)24(33-5)22(13-17)32-4/h6-7,12-14,16H,8-11,15H2,1-5H3,(H,26,30). The van der Waals surface area contributed by atoms with Crippen molar-refractivity contribution in [1.29, 1.82) is 0 Å². The number of amides is 1. The second-order valence-corrected chi connectivity index (χ2v) is 8.62. The van der Waals surface area contributed by atoms with Crippen LogP contribution >= 0.6 is 0 Å². The normalized spacial score (nSPS) is 14.9. The summed E-state index contributed by atoms with van der Waals surface area (Å²) in [5.74, 6) is 2.87. The molecule has 4 rings (SSSR count). The summed E-state index contributed by atoms with van der Waals surface area (Å²) in [7, 11) is 6.62. The predicted molar refractivity (Wildman–Crippen MR) is 128 cm³/mol. The summed E-state index contributed by atoms with van der Waals surface area (Å²) in [6.45, 7) is 5.38. The highest BCUT2D eigenvalue weighted by molar-refractivity contribution is 6.05. The van der Waals surface area contributed by atoms with E-state index in [4.69, 9.17) is 19.2 Å². The van der Waals surface area contributed by atoms with Crippen LogP contribution in [0, 0.1) is 5.92 Å². The Kier molecular flexibility index (Phi) is 6.74. The number of anilines is 1. The van der Waals surface area contributed by atoms with Crippen molar-refractivity contribution in [3.63, 3.8) is 0 Å². The van der Waals surface area contributed by atoms with Gasteiger partial charge in [0.1, 0.15) is 5.82 Å². The molecule has 1 amide bonds. The molecular weight excluding hydrogens is 420 g/mol. The van der Waals surface area contributed by atoms with Crippen molar-refractivity contribution in [3.8, 4) is 17.2 Å². The molecule has 176 valence electrons.